The van der Waals surface area contributed by atoms with E-state index in [2.05, 4.69) is 12.2 Å². The van der Waals surface area contributed by atoms with Crippen LogP contribution in [0.3, 0.4) is 0 Å². The summed E-state index contributed by atoms with van der Waals surface area (Å²) in [5.74, 6) is 0. The Bertz CT molecular complexity index is 331. The average molecular weight is 316 g/mol. The highest BCUT2D eigenvalue weighted by molar-refractivity contribution is 5.68. The topological polar surface area (TPSA) is 60.0 Å². The van der Waals surface area contributed by atoms with Crippen molar-refractivity contribution in [1.82, 2.24) is 10.2 Å². The first-order valence-electron chi connectivity index (χ1n) is 8.13. The molecule has 6 heteroatoms. The molecule has 0 aromatic carbocycles. The summed E-state index contributed by atoms with van der Waals surface area (Å²) < 4.78 is 16.1. The molecule has 1 amide bonds. The third kappa shape index (κ3) is 7.96. The third-order valence-corrected chi connectivity index (χ3v) is 3.52. The zero-order chi connectivity index (χ0) is 16.6. The number of nitrogens with zero attached hydrogens (tertiary/aromatic N) is 1. The number of ether oxygens (including phenoxy) is 3. The predicted molar refractivity (Wildman–Crippen MR) is 86.1 cm³/mol. The van der Waals surface area contributed by atoms with Gasteiger partial charge < -0.3 is 24.4 Å². The van der Waals surface area contributed by atoms with Crippen LogP contribution in [0.1, 0.15) is 40.5 Å². The Morgan fingerprint density at radius 2 is 2.09 bits per heavy atom. The highest BCUT2D eigenvalue weighted by Gasteiger charge is 2.23. The molecule has 0 radical (unpaired) electrons. The summed E-state index contributed by atoms with van der Waals surface area (Å²) in [5, 5.41) is 3.51. The number of methoxy groups -OCH3 is 1. The highest BCUT2D eigenvalue weighted by Crippen LogP contribution is 2.13. The molecule has 1 saturated heterocycles. The third-order valence-electron chi connectivity index (χ3n) is 3.52. The standard InChI is InChI=1S/C16H32N2O4/c1-13-12-14(6-10-21-13)17-7-8-18(9-11-20-5)15(19)22-16(2,3)4/h13-14,17H,6-12H2,1-5H3. The van der Waals surface area contributed by atoms with Gasteiger partial charge in [0, 0.05) is 39.4 Å². The fourth-order valence-electron chi connectivity index (χ4n) is 2.41. The second-order valence-corrected chi connectivity index (χ2v) is 6.82. The molecule has 0 bridgehead atoms. The van der Waals surface area contributed by atoms with Crippen LogP contribution in [0.15, 0.2) is 0 Å². The normalized spacial score (nSPS) is 22.4. The summed E-state index contributed by atoms with van der Waals surface area (Å²) in [6.45, 7) is 10.9. The van der Waals surface area contributed by atoms with Crippen molar-refractivity contribution in [2.75, 3.05) is 40.0 Å². The molecule has 1 fully saturated rings. The van der Waals surface area contributed by atoms with E-state index < -0.39 is 5.60 Å². The van der Waals surface area contributed by atoms with Crippen molar-refractivity contribution in [3.05, 3.63) is 0 Å². The van der Waals surface area contributed by atoms with Crippen molar-refractivity contribution >= 4 is 6.09 Å². The lowest BCUT2D eigenvalue weighted by molar-refractivity contribution is 0.0101. The number of rotatable bonds is 7. The zero-order valence-corrected chi connectivity index (χ0v) is 14.7. The van der Waals surface area contributed by atoms with Gasteiger partial charge in [0.2, 0.25) is 0 Å². The Morgan fingerprint density at radius 1 is 1.36 bits per heavy atom. The first-order valence-corrected chi connectivity index (χ1v) is 8.13. The number of hydrogen-bond acceptors (Lipinski definition) is 5. The predicted octanol–water partition coefficient (Wildman–Crippen LogP) is 2.03. The molecule has 22 heavy (non-hydrogen) atoms. The van der Waals surface area contributed by atoms with Gasteiger partial charge in [0.25, 0.3) is 0 Å². The lowest BCUT2D eigenvalue weighted by Gasteiger charge is -2.30. The molecule has 0 aromatic heterocycles. The number of nitrogens with one attached hydrogen (secondary N) is 1. The second kappa shape index (κ2) is 9.33. The van der Waals surface area contributed by atoms with Gasteiger partial charge in [-0.05, 0) is 40.5 Å². The van der Waals surface area contributed by atoms with Gasteiger partial charge in [-0.1, -0.05) is 0 Å². The van der Waals surface area contributed by atoms with Crippen LogP contribution in [0.4, 0.5) is 4.79 Å². The van der Waals surface area contributed by atoms with Crippen molar-refractivity contribution in [3.8, 4) is 0 Å². The first kappa shape index (κ1) is 19.2. The molecular formula is C16H32N2O4. The molecule has 0 spiro atoms. The Morgan fingerprint density at radius 3 is 2.68 bits per heavy atom. The maximum atomic E-state index is 12.2. The molecular weight excluding hydrogens is 284 g/mol. The molecule has 1 aliphatic rings. The van der Waals surface area contributed by atoms with E-state index in [-0.39, 0.29) is 6.09 Å². The van der Waals surface area contributed by atoms with Gasteiger partial charge in [0.05, 0.1) is 12.7 Å². The van der Waals surface area contributed by atoms with E-state index in [1.165, 1.54) is 0 Å². The van der Waals surface area contributed by atoms with E-state index in [0.717, 1.165) is 26.0 Å². The van der Waals surface area contributed by atoms with Gasteiger partial charge in [-0.3, -0.25) is 0 Å². The molecule has 0 saturated carbocycles. The molecule has 1 aliphatic heterocycles. The van der Waals surface area contributed by atoms with Crippen LogP contribution in [0.2, 0.25) is 0 Å². The van der Waals surface area contributed by atoms with Crippen molar-refractivity contribution in [2.45, 2.75) is 58.3 Å². The molecule has 0 aliphatic carbocycles. The van der Waals surface area contributed by atoms with Crippen LogP contribution in [0.25, 0.3) is 0 Å². The number of amides is 1. The van der Waals surface area contributed by atoms with Crippen LogP contribution in [-0.4, -0.2) is 68.7 Å². The lowest BCUT2D eigenvalue weighted by Crippen LogP contribution is -2.45. The van der Waals surface area contributed by atoms with Gasteiger partial charge in [0.15, 0.2) is 0 Å². The molecule has 1 N–H and O–H groups in total. The quantitative estimate of drug-likeness (QED) is 0.779. The molecule has 2 atom stereocenters. The van der Waals surface area contributed by atoms with Crippen LogP contribution in [0, 0.1) is 0 Å². The van der Waals surface area contributed by atoms with Crippen LogP contribution in [-0.2, 0) is 14.2 Å². The molecule has 0 aromatic rings. The summed E-state index contributed by atoms with van der Waals surface area (Å²) in [4.78, 5) is 13.9. The summed E-state index contributed by atoms with van der Waals surface area (Å²) in [6.07, 6.45) is 2.06. The van der Waals surface area contributed by atoms with Crippen LogP contribution in [0.5, 0.6) is 0 Å². The van der Waals surface area contributed by atoms with E-state index in [9.17, 15) is 4.79 Å². The maximum Gasteiger partial charge on any atom is 0.410 e. The fourth-order valence-corrected chi connectivity index (χ4v) is 2.41. The molecule has 6 nitrogen and oxygen atoms in total. The Kier molecular flexibility index (Phi) is 8.14. The maximum absolute atomic E-state index is 12.2. The highest BCUT2D eigenvalue weighted by atomic mass is 16.6. The van der Waals surface area contributed by atoms with Crippen molar-refractivity contribution in [1.29, 1.82) is 0 Å². The molecule has 1 rings (SSSR count). The van der Waals surface area contributed by atoms with Gasteiger partial charge in [0.1, 0.15) is 5.60 Å². The van der Waals surface area contributed by atoms with Crippen LogP contribution >= 0.6 is 0 Å². The average Bonchev–Trinajstić information content (AvgIpc) is 2.40. The Balaban J connectivity index is 2.38. The molecule has 1 heterocycles. The number of carbonyl (C=O) groups excluding carboxylic acids is 1. The summed E-state index contributed by atoms with van der Waals surface area (Å²) in [6, 6.07) is 0.465. The van der Waals surface area contributed by atoms with Gasteiger partial charge in [-0.25, -0.2) is 4.79 Å². The Hall–Kier alpha value is -0.850. The SMILES string of the molecule is COCCN(CCNC1CCOC(C)C1)C(=O)OC(C)(C)C. The number of hydrogen-bond donors (Lipinski definition) is 1. The monoisotopic (exact) mass is 316 g/mol. The number of carbonyl (C=O) groups is 1. The van der Waals surface area contributed by atoms with E-state index in [1.54, 1.807) is 12.0 Å². The summed E-state index contributed by atoms with van der Waals surface area (Å²) in [7, 11) is 1.63. The van der Waals surface area contributed by atoms with Crippen LogP contribution < -0.4 is 5.32 Å². The van der Waals surface area contributed by atoms with Crippen molar-refractivity contribution in [2.24, 2.45) is 0 Å². The smallest absolute Gasteiger partial charge is 0.410 e. The second-order valence-electron chi connectivity index (χ2n) is 6.82. The molecule has 2 unspecified atom stereocenters. The van der Waals surface area contributed by atoms with E-state index in [4.69, 9.17) is 14.2 Å². The minimum absolute atomic E-state index is 0.285. The lowest BCUT2D eigenvalue weighted by atomic mass is 10.0. The minimum atomic E-state index is -0.480. The van der Waals surface area contributed by atoms with Crippen molar-refractivity contribution < 1.29 is 19.0 Å². The van der Waals surface area contributed by atoms with E-state index in [0.29, 0.717) is 31.8 Å². The molecule has 130 valence electrons. The summed E-state index contributed by atoms with van der Waals surface area (Å²) >= 11 is 0. The van der Waals surface area contributed by atoms with E-state index in [1.807, 2.05) is 20.8 Å². The fraction of sp³-hybridized carbons (Fsp3) is 0.938. The largest absolute Gasteiger partial charge is 0.444 e. The van der Waals surface area contributed by atoms with Crippen molar-refractivity contribution in [3.63, 3.8) is 0 Å². The van der Waals surface area contributed by atoms with Gasteiger partial charge >= 0.3 is 6.09 Å². The first-order chi connectivity index (χ1) is 10.3. The van der Waals surface area contributed by atoms with E-state index >= 15 is 0 Å². The summed E-state index contributed by atoms with van der Waals surface area (Å²) in [5.41, 5.74) is -0.480. The van der Waals surface area contributed by atoms with Gasteiger partial charge in [-0.15, -0.1) is 0 Å². The Labute approximate surface area is 134 Å². The van der Waals surface area contributed by atoms with Gasteiger partial charge in [-0.2, -0.15) is 0 Å². The minimum Gasteiger partial charge on any atom is -0.444 e. The zero-order valence-electron chi connectivity index (χ0n) is 14.7.